The highest BCUT2D eigenvalue weighted by Gasteiger charge is 2.18. The first-order valence-electron chi connectivity index (χ1n) is 10.1. The van der Waals surface area contributed by atoms with Crippen molar-refractivity contribution in [1.29, 1.82) is 0 Å². The van der Waals surface area contributed by atoms with Gasteiger partial charge in [0.05, 0.1) is 17.6 Å². The Balaban J connectivity index is 1.43. The Bertz CT molecular complexity index is 970. The van der Waals surface area contributed by atoms with E-state index >= 15 is 0 Å². The van der Waals surface area contributed by atoms with Crippen LogP contribution in [0.5, 0.6) is 0 Å². The zero-order chi connectivity index (χ0) is 21.6. The lowest BCUT2D eigenvalue weighted by Crippen LogP contribution is -2.47. The Kier molecular flexibility index (Phi) is 7.47. The lowest BCUT2D eigenvalue weighted by Gasteiger charge is -2.36. The van der Waals surface area contributed by atoms with Gasteiger partial charge >= 0.3 is 5.97 Å². The van der Waals surface area contributed by atoms with Crippen molar-refractivity contribution in [1.82, 2.24) is 9.62 Å². The minimum Gasteiger partial charge on any atom is -0.465 e. The molecular formula is C22H29N3O4S. The van der Waals surface area contributed by atoms with Crippen LogP contribution in [0.1, 0.15) is 22.3 Å². The van der Waals surface area contributed by atoms with Crippen molar-refractivity contribution in [2.75, 3.05) is 51.3 Å². The molecule has 30 heavy (non-hydrogen) atoms. The number of hydrogen-bond acceptors (Lipinski definition) is 6. The van der Waals surface area contributed by atoms with Crippen molar-refractivity contribution in [3.05, 3.63) is 59.7 Å². The van der Waals surface area contributed by atoms with Crippen LogP contribution < -0.4 is 9.62 Å². The number of nitrogens with zero attached hydrogens (tertiary/aromatic N) is 2. The smallest absolute Gasteiger partial charge is 0.337 e. The normalized spacial score (nSPS) is 15.2. The minimum absolute atomic E-state index is 0.0668. The third-order valence-electron chi connectivity index (χ3n) is 5.25. The van der Waals surface area contributed by atoms with Gasteiger partial charge in [-0.05, 0) is 55.8 Å². The largest absolute Gasteiger partial charge is 0.465 e. The quantitative estimate of drug-likeness (QED) is 0.510. The van der Waals surface area contributed by atoms with Crippen LogP contribution in [0.15, 0.2) is 53.4 Å². The van der Waals surface area contributed by atoms with E-state index in [0.29, 0.717) is 6.54 Å². The van der Waals surface area contributed by atoms with Crippen molar-refractivity contribution < 1.29 is 17.9 Å². The van der Waals surface area contributed by atoms with Crippen LogP contribution in [-0.4, -0.2) is 65.7 Å². The molecule has 3 rings (SSSR count). The Morgan fingerprint density at radius 1 is 1.07 bits per heavy atom. The van der Waals surface area contributed by atoms with Crippen molar-refractivity contribution >= 4 is 21.7 Å². The number of esters is 1. The fourth-order valence-electron chi connectivity index (χ4n) is 3.55. The number of rotatable bonds is 8. The second-order valence-electron chi connectivity index (χ2n) is 7.44. The number of sulfonamides is 1. The van der Waals surface area contributed by atoms with Gasteiger partial charge in [0.2, 0.25) is 10.0 Å². The molecule has 2 aromatic rings. The number of methoxy groups -OCH3 is 1. The maximum Gasteiger partial charge on any atom is 0.337 e. The lowest BCUT2D eigenvalue weighted by molar-refractivity contribution is 0.0600. The maximum absolute atomic E-state index is 12.5. The van der Waals surface area contributed by atoms with Gasteiger partial charge in [-0.2, -0.15) is 0 Å². The predicted molar refractivity (Wildman–Crippen MR) is 117 cm³/mol. The number of benzene rings is 2. The van der Waals surface area contributed by atoms with Gasteiger partial charge in [-0.15, -0.1) is 0 Å². The molecule has 7 nitrogen and oxygen atoms in total. The summed E-state index contributed by atoms with van der Waals surface area (Å²) < 4.78 is 32.3. The fourth-order valence-corrected chi connectivity index (χ4v) is 4.67. The number of aryl methyl sites for hydroxylation is 1. The number of hydrogen-bond donors (Lipinski definition) is 1. The third-order valence-corrected chi connectivity index (χ3v) is 6.71. The average molecular weight is 432 g/mol. The molecule has 1 fully saturated rings. The summed E-state index contributed by atoms with van der Waals surface area (Å²) in [5, 5.41) is 0. The summed E-state index contributed by atoms with van der Waals surface area (Å²) in [5.41, 5.74) is 2.74. The van der Waals surface area contributed by atoms with E-state index in [1.165, 1.54) is 42.6 Å². The van der Waals surface area contributed by atoms with Gasteiger partial charge in [0.1, 0.15) is 0 Å². The van der Waals surface area contributed by atoms with Gasteiger partial charge in [-0.3, -0.25) is 4.90 Å². The molecule has 0 bridgehead atoms. The molecule has 0 aromatic heterocycles. The zero-order valence-corrected chi connectivity index (χ0v) is 18.3. The molecule has 0 unspecified atom stereocenters. The van der Waals surface area contributed by atoms with Crippen molar-refractivity contribution in [2.24, 2.45) is 0 Å². The number of anilines is 1. The molecule has 0 atom stereocenters. The van der Waals surface area contributed by atoms with Crippen LogP contribution >= 0.6 is 0 Å². The summed E-state index contributed by atoms with van der Waals surface area (Å²) in [4.78, 5) is 16.4. The van der Waals surface area contributed by atoms with Crippen LogP contribution in [0.4, 0.5) is 5.69 Å². The van der Waals surface area contributed by atoms with E-state index in [1.54, 1.807) is 0 Å². The molecule has 1 saturated heterocycles. The van der Waals surface area contributed by atoms with Crippen molar-refractivity contribution in [2.45, 2.75) is 18.2 Å². The first-order chi connectivity index (χ1) is 14.4. The van der Waals surface area contributed by atoms with E-state index in [0.717, 1.165) is 39.1 Å². The van der Waals surface area contributed by atoms with Gasteiger partial charge in [0.15, 0.2) is 0 Å². The number of carbonyl (C=O) groups excluding carboxylic acids is 1. The molecule has 0 aliphatic carbocycles. The van der Waals surface area contributed by atoms with Gasteiger partial charge < -0.3 is 9.64 Å². The van der Waals surface area contributed by atoms with Gasteiger partial charge in [-0.25, -0.2) is 17.9 Å². The van der Waals surface area contributed by atoms with Gasteiger partial charge in [0, 0.05) is 38.4 Å². The van der Waals surface area contributed by atoms with Crippen LogP contribution in [0.3, 0.4) is 0 Å². The first-order valence-corrected chi connectivity index (χ1v) is 11.6. The van der Waals surface area contributed by atoms with E-state index < -0.39 is 16.0 Å². The number of piperazine rings is 1. The highest BCUT2D eigenvalue weighted by Crippen LogP contribution is 2.18. The molecule has 0 amide bonds. The van der Waals surface area contributed by atoms with E-state index in [1.807, 2.05) is 0 Å². The molecule has 1 heterocycles. The first kappa shape index (κ1) is 22.3. The lowest BCUT2D eigenvalue weighted by atomic mass is 10.2. The molecule has 0 saturated carbocycles. The number of ether oxygens (including phenoxy) is 1. The molecule has 162 valence electrons. The Morgan fingerprint density at radius 2 is 1.80 bits per heavy atom. The summed E-state index contributed by atoms with van der Waals surface area (Å²) in [5.74, 6) is -0.558. The zero-order valence-electron chi connectivity index (χ0n) is 17.5. The van der Waals surface area contributed by atoms with Crippen LogP contribution in [0, 0.1) is 6.92 Å². The average Bonchev–Trinajstić information content (AvgIpc) is 2.76. The molecule has 8 heteroatoms. The molecule has 1 aliphatic rings. The number of nitrogens with one attached hydrogen (secondary N) is 1. The SMILES string of the molecule is COC(=O)c1cccc(S(=O)(=O)NCCCN2CCN(c3cccc(C)c3)CC2)c1. The van der Waals surface area contributed by atoms with Gasteiger partial charge in [-0.1, -0.05) is 18.2 Å². The second-order valence-corrected chi connectivity index (χ2v) is 9.21. The van der Waals surface area contributed by atoms with Crippen LogP contribution in [0.25, 0.3) is 0 Å². The summed E-state index contributed by atoms with van der Waals surface area (Å²) in [6.07, 6.45) is 0.723. The van der Waals surface area contributed by atoms with E-state index in [-0.39, 0.29) is 10.5 Å². The molecule has 0 radical (unpaired) electrons. The van der Waals surface area contributed by atoms with Crippen LogP contribution in [-0.2, 0) is 14.8 Å². The Labute approximate surface area is 178 Å². The van der Waals surface area contributed by atoms with Crippen LogP contribution in [0.2, 0.25) is 0 Å². The van der Waals surface area contributed by atoms with E-state index in [4.69, 9.17) is 0 Å². The summed E-state index contributed by atoms with van der Waals surface area (Å²) in [7, 11) is -2.39. The van der Waals surface area contributed by atoms with Crippen molar-refractivity contribution in [3.8, 4) is 0 Å². The Hall–Kier alpha value is -2.42. The monoisotopic (exact) mass is 431 g/mol. The standard InChI is InChI=1S/C22H29N3O4S/c1-18-6-3-8-20(16-18)25-14-12-24(13-15-25)11-5-10-23-30(27,28)21-9-4-7-19(17-21)22(26)29-2/h3-4,6-9,16-17,23H,5,10-15H2,1-2H3. The highest BCUT2D eigenvalue weighted by atomic mass is 32.2. The Morgan fingerprint density at radius 3 is 2.50 bits per heavy atom. The van der Waals surface area contributed by atoms with E-state index in [9.17, 15) is 13.2 Å². The third kappa shape index (κ3) is 5.81. The van der Waals surface area contributed by atoms with Gasteiger partial charge in [0.25, 0.3) is 0 Å². The summed E-state index contributed by atoms with van der Waals surface area (Å²) >= 11 is 0. The molecule has 1 aliphatic heterocycles. The summed E-state index contributed by atoms with van der Waals surface area (Å²) in [6.45, 7) is 7.15. The predicted octanol–water partition coefficient (Wildman–Crippen LogP) is 2.27. The van der Waals surface area contributed by atoms with Crippen molar-refractivity contribution in [3.63, 3.8) is 0 Å². The fraction of sp³-hybridized carbons (Fsp3) is 0.409. The molecule has 1 N–H and O–H groups in total. The van der Waals surface area contributed by atoms with E-state index in [2.05, 4.69) is 50.4 Å². The summed E-state index contributed by atoms with van der Waals surface area (Å²) in [6, 6.07) is 14.4. The topological polar surface area (TPSA) is 78.9 Å². The molecular weight excluding hydrogens is 402 g/mol. The highest BCUT2D eigenvalue weighted by molar-refractivity contribution is 7.89. The second kappa shape index (κ2) is 10.1. The number of carbonyl (C=O) groups is 1. The maximum atomic E-state index is 12.5. The molecule has 2 aromatic carbocycles. The molecule has 0 spiro atoms. The minimum atomic E-state index is -3.66.